The summed E-state index contributed by atoms with van der Waals surface area (Å²) in [4.78, 5) is 73.2. The number of aliphatic hydroxyl groups is 1. The highest BCUT2D eigenvalue weighted by atomic mass is 32.2. The normalized spacial score (nSPS) is 15.1. The van der Waals surface area contributed by atoms with E-state index in [0.717, 1.165) is 23.7 Å². The average molecular weight is 1300 g/mol. The van der Waals surface area contributed by atoms with E-state index in [0.29, 0.717) is 164 Å². The van der Waals surface area contributed by atoms with E-state index < -0.39 is 63.8 Å². The Morgan fingerprint density at radius 3 is 1.69 bits per heavy atom. The van der Waals surface area contributed by atoms with E-state index in [4.69, 9.17) is 46.8 Å². The monoisotopic (exact) mass is 1300 g/mol. The number of aromatic nitrogens is 3. The second-order valence-electron chi connectivity index (χ2n) is 24.0. The first-order chi connectivity index (χ1) is 43.8. The Morgan fingerprint density at radius 2 is 1.14 bits per heavy atom. The zero-order chi connectivity index (χ0) is 66.0. The molecule has 4 rings (SSSR count). The van der Waals surface area contributed by atoms with Crippen LogP contribution in [-0.4, -0.2) is 232 Å². The molecule has 0 radical (unpaired) electrons. The molecule has 2 aromatic carbocycles. The van der Waals surface area contributed by atoms with E-state index in [1.54, 1.807) is 11.8 Å². The molecule has 1 unspecified atom stereocenters. The van der Waals surface area contributed by atoms with E-state index in [1.807, 2.05) is 99.5 Å². The number of nitrogens with one attached hydrogen (secondary N) is 2. The summed E-state index contributed by atoms with van der Waals surface area (Å²) in [5.41, 5.74) is 0.193. The lowest BCUT2D eigenvalue weighted by atomic mass is 9.86. The van der Waals surface area contributed by atoms with Gasteiger partial charge in [0.2, 0.25) is 11.8 Å². The minimum absolute atomic E-state index is 0.00293. The van der Waals surface area contributed by atoms with Crippen molar-refractivity contribution in [3.05, 3.63) is 83.7 Å². The van der Waals surface area contributed by atoms with Crippen molar-refractivity contribution in [2.24, 2.45) is 23.7 Å². The van der Waals surface area contributed by atoms with E-state index >= 15 is 0 Å². The smallest absolute Gasteiger partial charge is 0.267 e. The summed E-state index contributed by atoms with van der Waals surface area (Å²) in [6.07, 6.45) is 4.92. The summed E-state index contributed by atoms with van der Waals surface area (Å²) < 4.78 is 82.1. The lowest BCUT2D eigenvalue weighted by Gasteiger charge is -2.30. The van der Waals surface area contributed by atoms with E-state index in [9.17, 15) is 37.5 Å². The number of carbonyl (C=O) groups is 5. The van der Waals surface area contributed by atoms with Crippen LogP contribution >= 0.6 is 0 Å². The van der Waals surface area contributed by atoms with Crippen LogP contribution in [0.3, 0.4) is 0 Å². The van der Waals surface area contributed by atoms with Crippen LogP contribution in [0.25, 0.3) is 0 Å². The fourth-order valence-electron chi connectivity index (χ4n) is 9.98. The molecule has 1 aliphatic heterocycles. The second kappa shape index (κ2) is 46.1. The molecule has 1 fully saturated rings. The maximum absolute atomic E-state index is 14.6. The highest BCUT2D eigenvalue weighted by Gasteiger charge is 2.40. The van der Waals surface area contributed by atoms with Gasteiger partial charge >= 0.3 is 0 Å². The molecule has 0 saturated carbocycles. The van der Waals surface area contributed by atoms with Crippen LogP contribution in [0, 0.1) is 23.7 Å². The lowest BCUT2D eigenvalue weighted by molar-refractivity contribution is -0.143. The molecule has 2 amide bonds. The summed E-state index contributed by atoms with van der Waals surface area (Å²) in [5.74, 6) is -4.60. The van der Waals surface area contributed by atoms with Gasteiger partial charge in [-0.2, -0.15) is 8.42 Å². The molecule has 24 nitrogen and oxygen atoms in total. The second-order valence-corrected chi connectivity index (χ2v) is 25.8. The number of ketones is 3. The first kappa shape index (κ1) is 78.4. The predicted octanol–water partition coefficient (Wildman–Crippen LogP) is 4.84. The molecule has 5 atom stereocenters. The Balaban J connectivity index is 1.18. The van der Waals surface area contributed by atoms with Crippen LogP contribution in [0.4, 0.5) is 0 Å². The van der Waals surface area contributed by atoms with E-state index in [2.05, 4.69) is 20.9 Å². The van der Waals surface area contributed by atoms with Crippen molar-refractivity contribution in [1.29, 1.82) is 0 Å². The molecular formula is C66H106N6O18S. The largest absolute Gasteiger partial charge is 0.382 e. The molecule has 1 aromatic heterocycles. The number of Topliss-reactive ketones (excluding diaryl/α,β-unsaturated/α-hetero) is 3. The maximum atomic E-state index is 14.6. The molecule has 1 aliphatic rings. The lowest BCUT2D eigenvalue weighted by Crippen LogP contribution is -2.54. The first-order valence-corrected chi connectivity index (χ1v) is 34.0. The minimum atomic E-state index is -4.18. The average Bonchev–Trinajstić information content (AvgIpc) is 2.26. The number of morpholine rings is 1. The van der Waals surface area contributed by atoms with Crippen LogP contribution < -0.4 is 10.6 Å². The number of aryl methyl sites for hydroxylation is 2. The standard InChI is InChI=1S/C66H106N6O18S/c1-52(2)44-60(67-64(76)56(22-21-54-16-10-7-11-17-54)47-59(73)50-71-23-26-82-27-24-71)62(74)48-57(46-55-18-12-8-13-19-55)65(77)68-61(45-53(3)4)63(75)66(5,78)51-90-91(79,80)43-15-9-14-20-58-49-72(70-69-58)25-28-83-31-32-85-35-36-87-39-40-89-42-41-88-38-37-86-34-33-84-30-29-81-6/h7-8,10-13,16-19,49,52-53,56-57,60-61,78H,9,14-15,20-48,50-51H2,1-6H3,(H,67,76)(H,68,77)/t56-,57-,60+,61+,66?/m1/s1. The Hall–Kier alpha value is -5.00. The summed E-state index contributed by atoms with van der Waals surface area (Å²) in [5, 5.41) is 25.8. The van der Waals surface area contributed by atoms with E-state index in [-0.39, 0.29) is 74.2 Å². The summed E-state index contributed by atoms with van der Waals surface area (Å²) in [6, 6.07) is 16.6. The molecule has 2 heterocycles. The van der Waals surface area contributed by atoms with Crippen molar-refractivity contribution in [3.8, 4) is 0 Å². The van der Waals surface area contributed by atoms with Crippen molar-refractivity contribution < 1.29 is 84.3 Å². The van der Waals surface area contributed by atoms with Crippen LogP contribution in [0.1, 0.15) is 103 Å². The SMILES string of the molecule is COCCOCCOCCOCCOCCOCCOCCOCCn1cc(CCCCCS(=O)(=O)OCC(C)(O)C(=O)[C@H](CC(C)C)NC(=O)[C@@H](CC(=O)[C@H](CC(C)C)NC(=O)[C@H](CCc2ccccc2)CC(=O)CN2CCOCC2)Cc2ccccc2)nn1. The van der Waals surface area contributed by atoms with Gasteiger partial charge in [-0.15, -0.1) is 5.10 Å². The number of nitrogens with zero attached hydrogens (tertiary/aromatic N) is 4. The van der Waals surface area contributed by atoms with Crippen LogP contribution in [0.5, 0.6) is 0 Å². The summed E-state index contributed by atoms with van der Waals surface area (Å²) in [6.45, 7) is 17.9. The topological polar surface area (TPSA) is 290 Å². The highest BCUT2D eigenvalue weighted by Crippen LogP contribution is 2.23. The van der Waals surface area contributed by atoms with Gasteiger partial charge in [0.25, 0.3) is 10.1 Å². The third-order valence-electron chi connectivity index (χ3n) is 15.0. The molecule has 25 heteroatoms. The van der Waals surface area contributed by atoms with Crippen molar-refractivity contribution in [3.63, 3.8) is 0 Å². The molecular weight excluding hydrogens is 1200 g/mol. The third-order valence-corrected chi connectivity index (χ3v) is 16.2. The Labute approximate surface area is 540 Å². The minimum Gasteiger partial charge on any atom is -0.382 e. The van der Waals surface area contributed by atoms with Crippen molar-refractivity contribution >= 4 is 39.3 Å². The number of amides is 2. The van der Waals surface area contributed by atoms with Gasteiger partial charge in [0.05, 0.1) is 149 Å². The maximum Gasteiger partial charge on any atom is 0.267 e. The Morgan fingerprint density at radius 1 is 0.637 bits per heavy atom. The van der Waals surface area contributed by atoms with Gasteiger partial charge in [-0.05, 0) is 81.3 Å². The summed E-state index contributed by atoms with van der Waals surface area (Å²) in [7, 11) is -2.55. The van der Waals surface area contributed by atoms with Crippen molar-refractivity contribution in [2.45, 2.75) is 129 Å². The number of rotatable bonds is 55. The number of carbonyl (C=O) groups excluding carboxylic acids is 5. The number of hydrogen-bond donors (Lipinski definition) is 3. The van der Waals surface area contributed by atoms with Crippen LogP contribution in [0.15, 0.2) is 66.9 Å². The molecule has 0 bridgehead atoms. The van der Waals surface area contributed by atoms with Gasteiger partial charge in [-0.25, -0.2) is 4.68 Å². The van der Waals surface area contributed by atoms with Gasteiger partial charge in [0.1, 0.15) is 18.0 Å². The van der Waals surface area contributed by atoms with Crippen molar-refractivity contribution in [2.75, 3.05) is 151 Å². The zero-order valence-corrected chi connectivity index (χ0v) is 55.8. The van der Waals surface area contributed by atoms with Crippen molar-refractivity contribution in [1.82, 2.24) is 30.5 Å². The Bertz CT molecular complexity index is 2570. The zero-order valence-electron chi connectivity index (χ0n) is 54.9. The molecule has 91 heavy (non-hydrogen) atoms. The van der Waals surface area contributed by atoms with E-state index in [1.165, 1.54) is 0 Å². The van der Waals surface area contributed by atoms with Gasteiger partial charge < -0.3 is 58.4 Å². The fourth-order valence-corrected chi connectivity index (χ4v) is 11.1. The summed E-state index contributed by atoms with van der Waals surface area (Å²) >= 11 is 0. The van der Waals surface area contributed by atoms with Gasteiger partial charge in [0, 0.05) is 51.1 Å². The van der Waals surface area contributed by atoms with Crippen LogP contribution in [0.2, 0.25) is 0 Å². The number of methoxy groups -OCH3 is 1. The number of hydrogen-bond acceptors (Lipinski definition) is 21. The van der Waals surface area contributed by atoms with Gasteiger partial charge in [0.15, 0.2) is 11.6 Å². The molecule has 514 valence electrons. The van der Waals surface area contributed by atoms with Gasteiger partial charge in [-0.1, -0.05) is 100.0 Å². The molecule has 0 aliphatic carbocycles. The number of ether oxygens (including phenoxy) is 9. The molecule has 1 saturated heterocycles. The molecule has 3 aromatic rings. The highest BCUT2D eigenvalue weighted by molar-refractivity contribution is 7.86. The van der Waals surface area contributed by atoms with Crippen LogP contribution in [-0.2, 0) is 107 Å². The third kappa shape index (κ3) is 35.7. The quantitative estimate of drug-likeness (QED) is 0.0503. The number of unbranched alkanes of at least 4 members (excludes halogenated alkanes) is 2. The fraction of sp³-hybridized carbons (Fsp3) is 0.712. The predicted molar refractivity (Wildman–Crippen MR) is 342 cm³/mol. The van der Waals surface area contributed by atoms with Gasteiger partial charge in [-0.3, -0.25) is 33.1 Å². The molecule has 3 N–H and O–H groups in total. The molecule has 0 spiro atoms. The first-order valence-electron chi connectivity index (χ1n) is 32.4. The number of benzene rings is 2. The Kier molecular flexibility index (Phi) is 39.8.